The molecule has 4 heteroatoms. The van der Waals surface area contributed by atoms with Gasteiger partial charge in [-0.3, -0.25) is 9.67 Å². The van der Waals surface area contributed by atoms with Crippen molar-refractivity contribution in [3.63, 3.8) is 0 Å². The van der Waals surface area contributed by atoms with Gasteiger partial charge in [-0.05, 0) is 24.6 Å². The van der Waals surface area contributed by atoms with Crippen molar-refractivity contribution in [3.05, 3.63) is 66.1 Å². The van der Waals surface area contributed by atoms with Crippen LogP contribution < -0.4 is 4.74 Å². The maximum absolute atomic E-state index is 5.44. The monoisotopic (exact) mass is 279 g/mol. The molecule has 3 aromatic rings. The predicted molar refractivity (Wildman–Crippen MR) is 82.3 cm³/mol. The number of nitrogens with zero attached hydrogens (tertiary/aromatic N) is 3. The van der Waals surface area contributed by atoms with E-state index in [9.17, 15) is 0 Å². The van der Waals surface area contributed by atoms with E-state index in [1.165, 1.54) is 5.56 Å². The first-order valence-corrected chi connectivity index (χ1v) is 6.84. The zero-order valence-electron chi connectivity index (χ0n) is 12.2. The number of methoxy groups -OCH3 is 1. The summed E-state index contributed by atoms with van der Waals surface area (Å²) in [5.41, 5.74) is 4.15. The Morgan fingerprint density at radius 2 is 1.86 bits per heavy atom. The molecule has 0 saturated heterocycles. The van der Waals surface area contributed by atoms with Crippen molar-refractivity contribution in [2.24, 2.45) is 0 Å². The summed E-state index contributed by atoms with van der Waals surface area (Å²) in [4.78, 5) is 4.36. The van der Waals surface area contributed by atoms with Crippen LogP contribution in [-0.2, 0) is 6.54 Å². The molecule has 0 saturated carbocycles. The second-order valence-corrected chi connectivity index (χ2v) is 4.89. The lowest BCUT2D eigenvalue weighted by Crippen LogP contribution is -2.04. The lowest BCUT2D eigenvalue weighted by Gasteiger charge is -2.09. The van der Waals surface area contributed by atoms with Crippen molar-refractivity contribution >= 4 is 0 Å². The highest BCUT2D eigenvalue weighted by atomic mass is 16.5. The van der Waals surface area contributed by atoms with Crippen LogP contribution in [0.3, 0.4) is 0 Å². The van der Waals surface area contributed by atoms with Crippen LogP contribution >= 0.6 is 0 Å². The fraction of sp³-hybridized carbons (Fsp3) is 0.176. The molecule has 2 heterocycles. The Balaban J connectivity index is 2.02. The summed E-state index contributed by atoms with van der Waals surface area (Å²) in [6.07, 6.45) is 3.61. The number of ether oxygens (including phenoxy) is 1. The molecule has 0 atom stereocenters. The molecule has 106 valence electrons. The number of hydrogen-bond acceptors (Lipinski definition) is 3. The number of pyridine rings is 1. The van der Waals surface area contributed by atoms with Gasteiger partial charge in [-0.15, -0.1) is 0 Å². The van der Waals surface area contributed by atoms with Crippen LogP contribution in [-0.4, -0.2) is 21.9 Å². The molecule has 0 bridgehead atoms. The molecule has 0 radical (unpaired) electrons. The van der Waals surface area contributed by atoms with Crippen LogP contribution in [0, 0.1) is 6.92 Å². The van der Waals surface area contributed by atoms with E-state index >= 15 is 0 Å². The molecule has 0 aliphatic heterocycles. The van der Waals surface area contributed by atoms with Crippen molar-refractivity contribution in [2.45, 2.75) is 13.5 Å². The van der Waals surface area contributed by atoms with Gasteiger partial charge >= 0.3 is 0 Å². The summed E-state index contributed by atoms with van der Waals surface area (Å²) in [5, 5.41) is 4.44. The second-order valence-electron chi connectivity index (χ2n) is 4.89. The maximum Gasteiger partial charge on any atom is 0.164 e. The number of aromatic nitrogens is 3. The molecule has 0 unspecified atom stereocenters. The highest BCUT2D eigenvalue weighted by Gasteiger charge is 2.14. The zero-order chi connectivity index (χ0) is 14.7. The van der Waals surface area contributed by atoms with Crippen LogP contribution in [0.5, 0.6) is 5.75 Å². The SMILES string of the molecule is COc1cnn(Cc2ccccc2)c1-c1ccc(C)nc1. The van der Waals surface area contributed by atoms with Gasteiger partial charge in [0.15, 0.2) is 5.75 Å². The molecular weight excluding hydrogens is 262 g/mol. The largest absolute Gasteiger partial charge is 0.493 e. The molecule has 2 aromatic heterocycles. The van der Waals surface area contributed by atoms with E-state index in [0.717, 1.165) is 22.7 Å². The Hall–Kier alpha value is -2.62. The fourth-order valence-corrected chi connectivity index (χ4v) is 2.29. The number of hydrogen-bond donors (Lipinski definition) is 0. The predicted octanol–water partition coefficient (Wildman–Crippen LogP) is 3.31. The van der Waals surface area contributed by atoms with Gasteiger partial charge in [-0.1, -0.05) is 30.3 Å². The third-order valence-corrected chi connectivity index (χ3v) is 3.39. The smallest absolute Gasteiger partial charge is 0.164 e. The summed E-state index contributed by atoms with van der Waals surface area (Å²) < 4.78 is 7.38. The Bertz CT molecular complexity index is 718. The van der Waals surface area contributed by atoms with Gasteiger partial charge in [0.2, 0.25) is 0 Å². The molecule has 0 spiro atoms. The van der Waals surface area contributed by atoms with Crippen LogP contribution in [0.4, 0.5) is 0 Å². The van der Waals surface area contributed by atoms with Gasteiger partial charge in [-0.25, -0.2) is 0 Å². The molecular formula is C17H17N3O. The second kappa shape index (κ2) is 5.79. The Morgan fingerprint density at radius 1 is 1.05 bits per heavy atom. The highest BCUT2D eigenvalue weighted by molar-refractivity contribution is 5.65. The molecule has 0 aliphatic carbocycles. The standard InChI is InChI=1S/C17H17N3O/c1-13-8-9-15(10-18-13)17-16(21-2)11-19-20(17)12-14-6-4-3-5-7-14/h3-11H,12H2,1-2H3. The van der Waals surface area contributed by atoms with Gasteiger partial charge in [0.1, 0.15) is 5.69 Å². The summed E-state index contributed by atoms with van der Waals surface area (Å²) in [6.45, 7) is 2.68. The third-order valence-electron chi connectivity index (χ3n) is 3.39. The van der Waals surface area contributed by atoms with Crippen molar-refractivity contribution in [3.8, 4) is 17.0 Å². The zero-order valence-corrected chi connectivity index (χ0v) is 12.2. The van der Waals surface area contributed by atoms with Crippen LogP contribution in [0.1, 0.15) is 11.3 Å². The quantitative estimate of drug-likeness (QED) is 0.735. The molecule has 0 N–H and O–H groups in total. The van der Waals surface area contributed by atoms with Gasteiger partial charge in [0.05, 0.1) is 19.9 Å². The fourth-order valence-electron chi connectivity index (χ4n) is 2.29. The summed E-state index contributed by atoms with van der Waals surface area (Å²) in [6, 6.07) is 14.3. The minimum atomic E-state index is 0.702. The van der Waals surface area contributed by atoms with E-state index < -0.39 is 0 Å². The summed E-state index contributed by atoms with van der Waals surface area (Å²) in [7, 11) is 1.66. The molecule has 0 fully saturated rings. The topological polar surface area (TPSA) is 39.9 Å². The first-order valence-electron chi connectivity index (χ1n) is 6.84. The molecule has 4 nitrogen and oxygen atoms in total. The molecule has 0 amide bonds. The maximum atomic E-state index is 5.44. The normalized spacial score (nSPS) is 10.6. The van der Waals surface area contributed by atoms with Crippen molar-refractivity contribution in [1.82, 2.24) is 14.8 Å². The van der Waals surface area contributed by atoms with Gasteiger partial charge < -0.3 is 4.74 Å². The first-order chi connectivity index (χ1) is 10.3. The van der Waals surface area contributed by atoms with Crippen molar-refractivity contribution in [2.75, 3.05) is 7.11 Å². The van der Waals surface area contributed by atoms with Crippen LogP contribution in [0.2, 0.25) is 0 Å². The van der Waals surface area contributed by atoms with E-state index in [1.54, 1.807) is 13.3 Å². The Morgan fingerprint density at radius 3 is 2.52 bits per heavy atom. The number of benzene rings is 1. The lowest BCUT2D eigenvalue weighted by molar-refractivity contribution is 0.416. The summed E-state index contributed by atoms with van der Waals surface area (Å²) >= 11 is 0. The Kier molecular flexibility index (Phi) is 3.69. The van der Waals surface area contributed by atoms with Crippen LogP contribution in [0.15, 0.2) is 54.9 Å². The van der Waals surface area contributed by atoms with E-state index in [-0.39, 0.29) is 0 Å². The van der Waals surface area contributed by atoms with Crippen LogP contribution in [0.25, 0.3) is 11.3 Å². The van der Waals surface area contributed by atoms with Gasteiger partial charge in [-0.2, -0.15) is 5.10 Å². The Labute approximate surface area is 124 Å². The summed E-state index contributed by atoms with van der Waals surface area (Å²) in [5.74, 6) is 0.761. The molecule has 21 heavy (non-hydrogen) atoms. The minimum absolute atomic E-state index is 0.702. The average molecular weight is 279 g/mol. The minimum Gasteiger partial charge on any atom is -0.493 e. The first kappa shape index (κ1) is 13.4. The van der Waals surface area contributed by atoms with Gasteiger partial charge in [0.25, 0.3) is 0 Å². The van der Waals surface area contributed by atoms with E-state index in [2.05, 4.69) is 22.2 Å². The molecule has 1 aromatic carbocycles. The molecule has 0 aliphatic rings. The van der Waals surface area contributed by atoms with Crippen molar-refractivity contribution < 1.29 is 4.74 Å². The number of rotatable bonds is 4. The highest BCUT2D eigenvalue weighted by Crippen LogP contribution is 2.29. The average Bonchev–Trinajstić information content (AvgIpc) is 2.92. The lowest BCUT2D eigenvalue weighted by atomic mass is 10.1. The van der Waals surface area contributed by atoms with E-state index in [0.29, 0.717) is 6.54 Å². The number of aryl methyl sites for hydroxylation is 1. The van der Waals surface area contributed by atoms with Crippen molar-refractivity contribution in [1.29, 1.82) is 0 Å². The molecule has 3 rings (SSSR count). The third kappa shape index (κ3) is 2.79. The van der Waals surface area contributed by atoms with E-state index in [1.807, 2.05) is 48.1 Å². The van der Waals surface area contributed by atoms with E-state index in [4.69, 9.17) is 4.74 Å². The van der Waals surface area contributed by atoms with Gasteiger partial charge in [0, 0.05) is 17.5 Å².